The van der Waals surface area contributed by atoms with Crippen molar-refractivity contribution in [2.45, 2.75) is 44.3 Å². The van der Waals surface area contributed by atoms with E-state index in [0.29, 0.717) is 12.1 Å². The third kappa shape index (κ3) is 9.38. The number of nitrogens with one attached hydrogen (secondary N) is 2. The Kier molecular flexibility index (Phi) is 11.1. The van der Waals surface area contributed by atoms with Crippen LogP contribution in [0.5, 0.6) is 0 Å². The lowest BCUT2D eigenvalue weighted by Gasteiger charge is -2.20. The second-order valence-electron chi connectivity index (χ2n) is 8.73. The molecule has 2 rings (SSSR count). The van der Waals surface area contributed by atoms with Crippen LogP contribution in [-0.2, 0) is 11.0 Å². The zero-order valence-electron chi connectivity index (χ0n) is 21.3. The van der Waals surface area contributed by atoms with E-state index in [0.717, 1.165) is 19.1 Å². The summed E-state index contributed by atoms with van der Waals surface area (Å²) in [5.41, 5.74) is -4.41. The minimum atomic E-state index is -5.33. The smallest absolute Gasteiger partial charge is 0.345 e. The molecular formula is C26H20Cl2F10N2O2. The normalized spacial score (nSPS) is 14.6. The Labute approximate surface area is 242 Å². The second-order valence-corrected chi connectivity index (χ2v) is 9.51. The summed E-state index contributed by atoms with van der Waals surface area (Å²) >= 11 is 11.9. The van der Waals surface area contributed by atoms with E-state index in [-0.39, 0.29) is 27.8 Å². The van der Waals surface area contributed by atoms with E-state index in [4.69, 9.17) is 23.2 Å². The van der Waals surface area contributed by atoms with Gasteiger partial charge >= 0.3 is 18.5 Å². The van der Waals surface area contributed by atoms with Gasteiger partial charge in [0.25, 0.3) is 5.91 Å². The maximum atomic E-state index is 15.1. The number of halogens is 12. The van der Waals surface area contributed by atoms with Crippen LogP contribution in [0, 0.1) is 0 Å². The van der Waals surface area contributed by atoms with Crippen molar-refractivity contribution in [2.24, 2.45) is 0 Å². The number of carbonyl (C=O) groups excluding carboxylic acids is 2. The maximum Gasteiger partial charge on any atom is 0.417 e. The van der Waals surface area contributed by atoms with Crippen LogP contribution in [0.1, 0.15) is 52.4 Å². The second kappa shape index (κ2) is 13.4. The van der Waals surface area contributed by atoms with Gasteiger partial charge in [-0.05, 0) is 55.3 Å². The Morgan fingerprint density at radius 3 is 2.12 bits per heavy atom. The van der Waals surface area contributed by atoms with Gasteiger partial charge < -0.3 is 10.6 Å². The van der Waals surface area contributed by atoms with E-state index in [2.05, 4.69) is 0 Å². The summed E-state index contributed by atoms with van der Waals surface area (Å²) in [7, 11) is 0. The zero-order valence-corrected chi connectivity index (χ0v) is 22.8. The highest BCUT2D eigenvalue weighted by Crippen LogP contribution is 2.42. The van der Waals surface area contributed by atoms with Gasteiger partial charge in [-0.25, -0.2) is 4.39 Å². The van der Waals surface area contributed by atoms with Crippen LogP contribution in [0.3, 0.4) is 0 Å². The van der Waals surface area contributed by atoms with Crippen LogP contribution in [0.2, 0.25) is 10.0 Å². The van der Waals surface area contributed by atoms with Crippen molar-refractivity contribution in [1.82, 2.24) is 10.6 Å². The van der Waals surface area contributed by atoms with E-state index in [9.17, 15) is 49.1 Å². The third-order valence-electron chi connectivity index (χ3n) is 5.50. The van der Waals surface area contributed by atoms with Crippen LogP contribution >= 0.6 is 23.2 Å². The largest absolute Gasteiger partial charge is 0.417 e. The van der Waals surface area contributed by atoms with Crippen LogP contribution in [0.25, 0.3) is 11.9 Å². The molecule has 4 nitrogen and oxygen atoms in total. The van der Waals surface area contributed by atoms with E-state index in [1.165, 1.54) is 17.5 Å². The van der Waals surface area contributed by atoms with Crippen molar-refractivity contribution >= 4 is 46.9 Å². The molecule has 0 aliphatic heterocycles. The van der Waals surface area contributed by atoms with E-state index in [1.54, 1.807) is 12.2 Å². The van der Waals surface area contributed by atoms with Crippen molar-refractivity contribution in [2.75, 3.05) is 6.54 Å². The van der Waals surface area contributed by atoms with Gasteiger partial charge in [-0.2, -0.15) is 39.5 Å². The molecule has 0 unspecified atom stereocenters. The molecule has 2 N–H and O–H groups in total. The Hall–Kier alpha value is -3.26. The lowest BCUT2D eigenvalue weighted by molar-refractivity contribution is -0.140. The topological polar surface area (TPSA) is 58.2 Å². The number of rotatable bonds is 8. The number of amides is 2. The van der Waals surface area contributed by atoms with E-state index >= 15 is 4.39 Å². The monoisotopic (exact) mass is 652 g/mol. The molecular weight excluding hydrogens is 633 g/mol. The van der Waals surface area contributed by atoms with Gasteiger partial charge in [0.15, 0.2) is 0 Å². The number of alkyl halides is 9. The first-order chi connectivity index (χ1) is 19.2. The van der Waals surface area contributed by atoms with Crippen molar-refractivity contribution < 1.29 is 53.5 Å². The molecule has 2 aromatic carbocycles. The highest BCUT2D eigenvalue weighted by molar-refractivity contribution is 6.43. The molecule has 42 heavy (non-hydrogen) atoms. The maximum absolute atomic E-state index is 15.1. The first-order valence-electron chi connectivity index (χ1n) is 11.6. The fourth-order valence-corrected chi connectivity index (χ4v) is 3.95. The Balaban J connectivity index is 2.50. The molecule has 0 saturated heterocycles. The lowest BCUT2D eigenvalue weighted by atomic mass is 9.94. The SMILES string of the molecule is C/C=C/c1cc([C@@H](/C=C(\F)c2ccc(C(=O)N[C@H](C)C(=O)NCC(F)(F)F)c(C(F)(F)F)c2)C(F)(F)F)cc(Cl)c1Cl. The van der Waals surface area contributed by atoms with Crippen LogP contribution in [0.4, 0.5) is 43.9 Å². The van der Waals surface area contributed by atoms with Crippen molar-refractivity contribution in [3.63, 3.8) is 0 Å². The summed E-state index contributed by atoms with van der Waals surface area (Å²) < 4.78 is 135. The molecule has 0 aromatic heterocycles. The highest BCUT2D eigenvalue weighted by atomic mass is 35.5. The molecule has 0 aliphatic rings. The van der Waals surface area contributed by atoms with Crippen LogP contribution < -0.4 is 10.6 Å². The molecule has 16 heteroatoms. The standard InChI is InChI=1S/C26H20Cl2F10N2O2/c1-3-4-14-7-15(9-19(27)21(14)28)17(25(33,34)35)10-20(29)13-5-6-16(18(8-13)26(36,37)38)23(42)40-12(2)22(41)39-11-24(30,31)32/h3-10,12,17H,11H2,1-2H3,(H,39,41)(H,40,42)/b4-3+,20-10-/t12-,17-/m1/s1. The fraction of sp³-hybridized carbons (Fsp3) is 0.308. The lowest BCUT2D eigenvalue weighted by Crippen LogP contribution is -2.47. The van der Waals surface area contributed by atoms with E-state index in [1.807, 2.05) is 0 Å². The van der Waals surface area contributed by atoms with Gasteiger partial charge in [0.2, 0.25) is 5.91 Å². The molecule has 0 saturated carbocycles. The summed E-state index contributed by atoms with van der Waals surface area (Å²) in [4.78, 5) is 24.2. The minimum Gasteiger partial charge on any atom is -0.345 e. The molecule has 0 radical (unpaired) electrons. The van der Waals surface area contributed by atoms with Gasteiger partial charge in [0, 0.05) is 5.56 Å². The predicted octanol–water partition coefficient (Wildman–Crippen LogP) is 8.50. The minimum absolute atomic E-state index is 0.0291. The summed E-state index contributed by atoms with van der Waals surface area (Å²) in [6.07, 6.45) is -12.4. The Bertz CT molecular complexity index is 1380. The predicted molar refractivity (Wildman–Crippen MR) is 136 cm³/mol. The van der Waals surface area contributed by atoms with E-state index < -0.39 is 76.9 Å². The Morgan fingerprint density at radius 2 is 1.60 bits per heavy atom. The number of benzene rings is 2. The third-order valence-corrected chi connectivity index (χ3v) is 6.32. The molecule has 2 atom stereocenters. The van der Waals surface area contributed by atoms with Crippen molar-refractivity contribution in [1.29, 1.82) is 0 Å². The Morgan fingerprint density at radius 1 is 0.976 bits per heavy atom. The van der Waals surface area contributed by atoms with Crippen LogP contribution in [0.15, 0.2) is 42.5 Å². The number of hydrogen-bond donors (Lipinski definition) is 2. The summed E-state index contributed by atoms with van der Waals surface area (Å²) in [6.45, 7) is 0.677. The van der Waals surface area contributed by atoms with Gasteiger partial charge in [-0.3, -0.25) is 9.59 Å². The first kappa shape index (κ1) is 34.9. The van der Waals surface area contributed by atoms with Gasteiger partial charge in [0.1, 0.15) is 24.3 Å². The molecule has 2 aromatic rings. The van der Waals surface area contributed by atoms with Gasteiger partial charge in [0.05, 0.1) is 21.2 Å². The molecule has 230 valence electrons. The van der Waals surface area contributed by atoms with Crippen molar-refractivity contribution in [3.8, 4) is 0 Å². The fourth-order valence-electron chi connectivity index (χ4n) is 3.54. The van der Waals surface area contributed by atoms with Gasteiger partial charge in [-0.1, -0.05) is 41.4 Å². The molecule has 0 fully saturated rings. The number of hydrogen-bond acceptors (Lipinski definition) is 2. The summed E-state index contributed by atoms with van der Waals surface area (Å²) in [5, 5.41) is 2.85. The molecule has 0 heterocycles. The molecule has 0 aliphatic carbocycles. The average Bonchev–Trinajstić information content (AvgIpc) is 2.86. The molecule has 0 spiro atoms. The van der Waals surface area contributed by atoms with Gasteiger partial charge in [-0.15, -0.1) is 0 Å². The first-order valence-corrected chi connectivity index (χ1v) is 12.3. The van der Waals surface area contributed by atoms with Crippen LogP contribution in [-0.4, -0.2) is 36.8 Å². The average molecular weight is 653 g/mol. The summed E-state index contributed by atoms with van der Waals surface area (Å²) in [6, 6.07) is 1.23. The summed E-state index contributed by atoms with van der Waals surface area (Å²) in [5.74, 6) is -7.33. The molecule has 0 bridgehead atoms. The highest BCUT2D eigenvalue weighted by Gasteiger charge is 2.41. The number of carbonyl (C=O) groups is 2. The quantitative estimate of drug-likeness (QED) is 0.281. The van der Waals surface area contributed by atoms with Crippen molar-refractivity contribution in [3.05, 3.63) is 80.3 Å². The zero-order chi connectivity index (χ0) is 32.2. The number of allylic oxidation sites excluding steroid dienone is 2. The molecule has 2 amide bonds.